The Balaban J connectivity index is -0.000000534. The molecule has 1 aliphatic rings. The van der Waals surface area contributed by atoms with Gasteiger partial charge in [-0.1, -0.05) is 96.9 Å². The number of piperidine rings is 1. The second-order valence-corrected chi connectivity index (χ2v) is 6.69. The highest BCUT2D eigenvalue weighted by Gasteiger charge is 2.21. The third kappa shape index (κ3) is 18.3. The largest absolute Gasteiger partial charge is 0.323 e. The molecule has 1 aromatic rings. The molecule has 0 aromatic heterocycles. The molecular weight excluding hydrogens is 340 g/mol. The van der Waals surface area contributed by atoms with Crippen molar-refractivity contribution in [1.29, 1.82) is 0 Å². The van der Waals surface area contributed by atoms with Gasteiger partial charge in [0.1, 0.15) is 0 Å². The van der Waals surface area contributed by atoms with Crippen molar-refractivity contribution in [2.75, 3.05) is 27.2 Å². The number of nitrogens with one attached hydrogen (secondary N) is 1. The number of rotatable bonds is 5. The van der Waals surface area contributed by atoms with Crippen molar-refractivity contribution in [3.8, 4) is 0 Å². The van der Waals surface area contributed by atoms with Crippen LogP contribution >= 0.6 is 0 Å². The second kappa shape index (κ2) is 25.9. The van der Waals surface area contributed by atoms with Crippen molar-refractivity contribution in [2.45, 2.75) is 93.0 Å². The summed E-state index contributed by atoms with van der Waals surface area (Å²) in [7, 11) is 3.75. The maximum atomic E-state index is 4.15. The Morgan fingerprint density at radius 3 is 2.00 bits per heavy atom. The van der Waals surface area contributed by atoms with Gasteiger partial charge in [0.15, 0.2) is 0 Å². The molecule has 2 rings (SSSR count). The highest BCUT2D eigenvalue weighted by Crippen LogP contribution is 2.22. The van der Waals surface area contributed by atoms with Crippen LogP contribution in [0.2, 0.25) is 0 Å². The predicted molar refractivity (Wildman–Crippen MR) is 132 cm³/mol. The molecule has 28 heavy (non-hydrogen) atoms. The summed E-state index contributed by atoms with van der Waals surface area (Å²) < 4.78 is 0. The van der Waals surface area contributed by atoms with Gasteiger partial charge in [0.25, 0.3) is 0 Å². The fourth-order valence-electron chi connectivity index (χ4n) is 2.95. The van der Waals surface area contributed by atoms with Crippen LogP contribution in [0.1, 0.15) is 86.1 Å². The van der Waals surface area contributed by atoms with E-state index in [-0.39, 0.29) is 0 Å². The van der Waals surface area contributed by atoms with E-state index < -0.39 is 0 Å². The Morgan fingerprint density at radius 1 is 1.04 bits per heavy atom. The fraction of sp³-hybridized carbons (Fsp3) is 0.692. The van der Waals surface area contributed by atoms with Crippen LogP contribution < -0.4 is 5.32 Å². The van der Waals surface area contributed by atoms with Crippen LogP contribution in [-0.4, -0.2) is 38.1 Å². The summed E-state index contributed by atoms with van der Waals surface area (Å²) in [5, 5.41) is 2.75. The minimum absolute atomic E-state index is 0.634. The molecule has 0 aliphatic carbocycles. The summed E-state index contributed by atoms with van der Waals surface area (Å²) in [6, 6.07) is 11.4. The lowest BCUT2D eigenvalue weighted by Gasteiger charge is -2.36. The van der Waals surface area contributed by atoms with Gasteiger partial charge in [-0.25, -0.2) is 0 Å². The van der Waals surface area contributed by atoms with Crippen molar-refractivity contribution in [3.05, 3.63) is 48.0 Å². The van der Waals surface area contributed by atoms with E-state index in [1.165, 1.54) is 62.8 Å². The van der Waals surface area contributed by atoms with E-state index >= 15 is 0 Å². The molecule has 0 bridgehead atoms. The van der Waals surface area contributed by atoms with Crippen LogP contribution in [0.3, 0.4) is 0 Å². The van der Waals surface area contributed by atoms with Crippen LogP contribution in [0.25, 0.3) is 0 Å². The lowest BCUT2D eigenvalue weighted by atomic mass is 9.96. The van der Waals surface area contributed by atoms with Crippen molar-refractivity contribution >= 4 is 0 Å². The van der Waals surface area contributed by atoms with Crippen molar-refractivity contribution < 1.29 is 0 Å². The van der Waals surface area contributed by atoms with Gasteiger partial charge in [0.2, 0.25) is 0 Å². The average molecular weight is 393 g/mol. The van der Waals surface area contributed by atoms with E-state index in [4.69, 9.17) is 0 Å². The third-order valence-electron chi connectivity index (χ3n) is 3.94. The summed E-state index contributed by atoms with van der Waals surface area (Å²) in [6.45, 7) is 21.1. The Kier molecular flexibility index (Phi) is 29.2. The zero-order valence-corrected chi connectivity index (χ0v) is 20.8. The molecule has 1 fully saturated rings. The molecule has 166 valence electrons. The molecule has 1 saturated heterocycles. The van der Waals surface area contributed by atoms with Crippen LogP contribution in [0, 0.1) is 0 Å². The van der Waals surface area contributed by atoms with E-state index in [9.17, 15) is 0 Å². The van der Waals surface area contributed by atoms with Gasteiger partial charge in [-0.15, -0.1) is 0 Å². The first-order chi connectivity index (χ1) is 13.6. The highest BCUT2D eigenvalue weighted by atomic mass is 15.2. The molecule has 0 amide bonds. The summed E-state index contributed by atoms with van der Waals surface area (Å²) >= 11 is 0. The number of nitrogens with zero attached hydrogens (tertiary/aromatic N) is 1. The van der Waals surface area contributed by atoms with E-state index in [0.717, 1.165) is 0 Å². The monoisotopic (exact) mass is 392 g/mol. The Hall–Kier alpha value is -1.12. The predicted octanol–water partition coefficient (Wildman–Crippen LogP) is 7.35. The van der Waals surface area contributed by atoms with Gasteiger partial charge in [0, 0.05) is 6.04 Å². The highest BCUT2D eigenvalue weighted by molar-refractivity contribution is 5.14. The smallest absolute Gasteiger partial charge is 0.0302 e. The SMILES string of the molecule is C=C(C)[C@H]1CCCCN1CCCc1ccccc1.CC.CC.CCC.CNC. The molecule has 0 radical (unpaired) electrons. The number of aryl methyl sites for hydroxylation is 1. The third-order valence-corrected chi connectivity index (χ3v) is 3.94. The summed E-state index contributed by atoms with van der Waals surface area (Å²) in [5.41, 5.74) is 2.80. The van der Waals surface area contributed by atoms with Gasteiger partial charge in [0.05, 0.1) is 0 Å². The molecule has 1 atom stereocenters. The lowest BCUT2D eigenvalue weighted by Crippen LogP contribution is -2.40. The van der Waals surface area contributed by atoms with E-state index in [1.54, 1.807) is 0 Å². The molecule has 0 spiro atoms. The van der Waals surface area contributed by atoms with Crippen molar-refractivity contribution in [3.63, 3.8) is 0 Å². The van der Waals surface area contributed by atoms with Crippen LogP contribution in [0.15, 0.2) is 42.5 Å². The van der Waals surface area contributed by atoms with Gasteiger partial charge in [-0.05, 0) is 65.4 Å². The maximum Gasteiger partial charge on any atom is 0.0302 e. The number of likely N-dealkylation sites (tertiary alicyclic amines) is 1. The van der Waals surface area contributed by atoms with Crippen molar-refractivity contribution in [1.82, 2.24) is 10.2 Å². The Morgan fingerprint density at radius 2 is 1.54 bits per heavy atom. The van der Waals surface area contributed by atoms with Gasteiger partial charge in [-0.2, -0.15) is 0 Å². The van der Waals surface area contributed by atoms with Crippen LogP contribution in [-0.2, 0) is 6.42 Å². The second-order valence-electron chi connectivity index (χ2n) is 6.69. The minimum atomic E-state index is 0.634. The Labute approximate surface area is 178 Å². The number of hydrogen-bond acceptors (Lipinski definition) is 2. The molecule has 1 heterocycles. The normalized spacial score (nSPS) is 15.1. The first-order valence-corrected chi connectivity index (χ1v) is 11.6. The molecule has 1 aliphatic heterocycles. The minimum Gasteiger partial charge on any atom is -0.323 e. The topological polar surface area (TPSA) is 15.3 Å². The number of benzene rings is 1. The van der Waals surface area contributed by atoms with Gasteiger partial charge < -0.3 is 5.32 Å². The molecular formula is C26H52N2. The maximum absolute atomic E-state index is 4.15. The fourth-order valence-corrected chi connectivity index (χ4v) is 2.95. The average Bonchev–Trinajstić information content (AvgIpc) is 2.73. The van der Waals surface area contributed by atoms with E-state index in [2.05, 4.69) is 67.9 Å². The molecule has 0 saturated carbocycles. The standard InChI is InChI=1S/C17H25N.C3H8.C2H7N.2C2H6/c1-15(2)17-12-6-7-13-18(17)14-8-11-16-9-4-3-5-10-16;2*1-3-2;2*1-2/h3-5,9-10,17H,1,6-8,11-14H2,2H3;3H2,1-2H3;3H,1-2H3;2*1-2H3/t17-;;;;/m1..../s1. The molecule has 2 heteroatoms. The van der Waals surface area contributed by atoms with Crippen molar-refractivity contribution in [2.24, 2.45) is 0 Å². The van der Waals surface area contributed by atoms with Gasteiger partial charge in [-0.3, -0.25) is 4.90 Å². The number of hydrogen-bond donors (Lipinski definition) is 1. The van der Waals surface area contributed by atoms with E-state index in [0.29, 0.717) is 6.04 Å². The molecule has 1 aromatic carbocycles. The molecule has 0 unspecified atom stereocenters. The van der Waals surface area contributed by atoms with Crippen LogP contribution in [0.5, 0.6) is 0 Å². The van der Waals surface area contributed by atoms with E-state index in [1.807, 2.05) is 41.8 Å². The first-order valence-electron chi connectivity index (χ1n) is 11.6. The lowest BCUT2D eigenvalue weighted by molar-refractivity contribution is 0.170. The molecule has 1 N–H and O–H groups in total. The van der Waals surface area contributed by atoms with Crippen LogP contribution in [0.4, 0.5) is 0 Å². The first kappa shape index (κ1) is 31.6. The Bertz CT molecular complexity index is 398. The zero-order chi connectivity index (χ0) is 22.2. The van der Waals surface area contributed by atoms with Gasteiger partial charge >= 0.3 is 0 Å². The quantitative estimate of drug-likeness (QED) is 0.527. The summed E-state index contributed by atoms with van der Waals surface area (Å²) in [5.74, 6) is 0. The zero-order valence-electron chi connectivity index (χ0n) is 20.8. The molecule has 2 nitrogen and oxygen atoms in total. The summed E-state index contributed by atoms with van der Waals surface area (Å²) in [6.07, 6.45) is 7.73. The summed E-state index contributed by atoms with van der Waals surface area (Å²) in [4.78, 5) is 2.63.